The number of hydrogen-bond acceptors (Lipinski definition) is 4. The van der Waals surface area contributed by atoms with Crippen molar-refractivity contribution in [2.45, 2.75) is 13.0 Å². The van der Waals surface area contributed by atoms with Crippen LogP contribution in [0.25, 0.3) is 0 Å². The maximum Gasteiger partial charge on any atom is 0.231 e. The summed E-state index contributed by atoms with van der Waals surface area (Å²) in [5.74, 6) is 1.98. The van der Waals surface area contributed by atoms with E-state index in [1.165, 1.54) is 0 Å². The fraction of sp³-hybridized carbons (Fsp3) is 0.300. The topological polar surface area (TPSA) is 51.5 Å². The summed E-state index contributed by atoms with van der Waals surface area (Å²) in [5.41, 5.74) is 0. The molecular formula is C10H9NO3. The summed E-state index contributed by atoms with van der Waals surface area (Å²) < 4.78 is 15.6. The number of benzene rings is 1. The van der Waals surface area contributed by atoms with Gasteiger partial charge in [-0.05, 0) is 19.1 Å². The molecule has 4 heteroatoms. The van der Waals surface area contributed by atoms with Gasteiger partial charge in [-0.3, -0.25) is 0 Å². The van der Waals surface area contributed by atoms with Gasteiger partial charge in [-0.1, -0.05) is 0 Å². The van der Waals surface area contributed by atoms with Crippen LogP contribution in [0.4, 0.5) is 0 Å². The summed E-state index contributed by atoms with van der Waals surface area (Å²) in [6, 6.07) is 7.22. The molecule has 0 bridgehead atoms. The lowest BCUT2D eigenvalue weighted by Crippen LogP contribution is -2.07. The van der Waals surface area contributed by atoms with Crippen LogP contribution in [-0.2, 0) is 0 Å². The van der Waals surface area contributed by atoms with Crippen LogP contribution in [0, 0.1) is 11.3 Å². The molecule has 1 aliphatic heterocycles. The lowest BCUT2D eigenvalue weighted by Gasteiger charge is -2.07. The van der Waals surface area contributed by atoms with Crippen LogP contribution in [0.3, 0.4) is 0 Å². The zero-order chi connectivity index (χ0) is 9.97. The van der Waals surface area contributed by atoms with E-state index in [0.717, 1.165) is 0 Å². The minimum absolute atomic E-state index is 0.243. The van der Waals surface area contributed by atoms with Crippen molar-refractivity contribution in [3.63, 3.8) is 0 Å². The normalized spacial score (nSPS) is 14.6. The van der Waals surface area contributed by atoms with Crippen LogP contribution < -0.4 is 14.2 Å². The zero-order valence-electron chi connectivity index (χ0n) is 7.69. The zero-order valence-corrected chi connectivity index (χ0v) is 7.69. The lowest BCUT2D eigenvalue weighted by molar-refractivity contribution is 0.173. The molecule has 2 rings (SSSR count). The third-order valence-corrected chi connectivity index (χ3v) is 1.84. The van der Waals surface area contributed by atoms with Crippen LogP contribution in [0.5, 0.6) is 17.2 Å². The van der Waals surface area contributed by atoms with Gasteiger partial charge in [0, 0.05) is 6.07 Å². The number of fused-ring (bicyclic) bond motifs is 1. The molecule has 14 heavy (non-hydrogen) atoms. The van der Waals surface area contributed by atoms with Crippen molar-refractivity contribution in [3.05, 3.63) is 18.2 Å². The fourth-order valence-electron chi connectivity index (χ4n) is 1.18. The molecule has 1 aliphatic rings. The van der Waals surface area contributed by atoms with Gasteiger partial charge in [0.1, 0.15) is 11.8 Å². The quantitative estimate of drug-likeness (QED) is 0.714. The van der Waals surface area contributed by atoms with E-state index in [-0.39, 0.29) is 6.79 Å². The summed E-state index contributed by atoms with van der Waals surface area (Å²) in [6.07, 6.45) is -0.463. The van der Waals surface area contributed by atoms with Gasteiger partial charge in [-0.25, -0.2) is 0 Å². The maximum absolute atomic E-state index is 8.56. The summed E-state index contributed by atoms with van der Waals surface area (Å²) in [5, 5.41) is 8.56. The first-order valence-electron chi connectivity index (χ1n) is 4.25. The van der Waals surface area contributed by atoms with Crippen molar-refractivity contribution in [1.29, 1.82) is 5.26 Å². The molecule has 4 nitrogen and oxygen atoms in total. The Labute approximate surface area is 81.6 Å². The van der Waals surface area contributed by atoms with Crippen molar-refractivity contribution >= 4 is 0 Å². The molecule has 72 valence electrons. The van der Waals surface area contributed by atoms with Crippen LogP contribution in [0.1, 0.15) is 6.92 Å². The van der Waals surface area contributed by atoms with E-state index in [4.69, 9.17) is 19.5 Å². The Balaban J connectivity index is 2.17. The average molecular weight is 191 g/mol. The molecule has 1 aromatic carbocycles. The molecule has 0 amide bonds. The predicted molar refractivity (Wildman–Crippen MR) is 48.3 cm³/mol. The molecule has 1 atom stereocenters. The van der Waals surface area contributed by atoms with Crippen molar-refractivity contribution in [1.82, 2.24) is 0 Å². The second-order valence-electron chi connectivity index (χ2n) is 2.90. The van der Waals surface area contributed by atoms with Crippen LogP contribution >= 0.6 is 0 Å². The molecule has 0 fully saturated rings. The Morgan fingerprint density at radius 1 is 1.43 bits per heavy atom. The van der Waals surface area contributed by atoms with E-state index in [0.29, 0.717) is 17.2 Å². The van der Waals surface area contributed by atoms with Crippen molar-refractivity contribution < 1.29 is 14.2 Å². The molecule has 0 radical (unpaired) electrons. The van der Waals surface area contributed by atoms with E-state index in [1.807, 2.05) is 6.07 Å². The largest absolute Gasteiger partial charge is 0.476 e. The number of rotatable bonds is 2. The van der Waals surface area contributed by atoms with E-state index >= 15 is 0 Å². The minimum Gasteiger partial charge on any atom is -0.476 e. The smallest absolute Gasteiger partial charge is 0.231 e. The second-order valence-corrected chi connectivity index (χ2v) is 2.90. The number of hydrogen-bond donors (Lipinski definition) is 0. The second kappa shape index (κ2) is 3.46. The standard InChI is InChI=1S/C10H9NO3/c1-7(5-11)14-8-2-3-9-10(4-8)13-6-12-9/h2-4,7H,6H2,1H3. The molecule has 0 spiro atoms. The van der Waals surface area contributed by atoms with Gasteiger partial charge in [-0.15, -0.1) is 0 Å². The monoisotopic (exact) mass is 191 g/mol. The van der Waals surface area contributed by atoms with E-state index in [9.17, 15) is 0 Å². The number of nitriles is 1. The van der Waals surface area contributed by atoms with E-state index in [2.05, 4.69) is 0 Å². The number of nitrogens with zero attached hydrogens (tertiary/aromatic N) is 1. The average Bonchev–Trinajstić information content (AvgIpc) is 2.64. The summed E-state index contributed by atoms with van der Waals surface area (Å²) >= 11 is 0. The highest BCUT2D eigenvalue weighted by molar-refractivity contribution is 5.46. The van der Waals surface area contributed by atoms with Gasteiger partial charge in [0.25, 0.3) is 0 Å². The number of ether oxygens (including phenoxy) is 3. The summed E-state index contributed by atoms with van der Waals surface area (Å²) in [6.45, 7) is 1.93. The molecule has 0 aliphatic carbocycles. The Morgan fingerprint density at radius 2 is 2.21 bits per heavy atom. The highest BCUT2D eigenvalue weighted by atomic mass is 16.7. The van der Waals surface area contributed by atoms with Crippen molar-refractivity contribution in [3.8, 4) is 23.3 Å². The van der Waals surface area contributed by atoms with Gasteiger partial charge in [0.05, 0.1) is 0 Å². The highest BCUT2D eigenvalue weighted by Crippen LogP contribution is 2.35. The van der Waals surface area contributed by atoms with Gasteiger partial charge < -0.3 is 14.2 Å². The SMILES string of the molecule is CC(C#N)Oc1ccc2c(c1)OCO2. The van der Waals surface area contributed by atoms with Crippen LogP contribution in [0.2, 0.25) is 0 Å². The Kier molecular flexibility index (Phi) is 2.15. The lowest BCUT2D eigenvalue weighted by atomic mass is 10.3. The van der Waals surface area contributed by atoms with E-state index in [1.54, 1.807) is 25.1 Å². The van der Waals surface area contributed by atoms with Crippen LogP contribution in [0.15, 0.2) is 18.2 Å². The molecular weight excluding hydrogens is 182 g/mol. The Bertz CT molecular complexity index is 383. The first kappa shape index (κ1) is 8.70. The molecule has 1 aromatic rings. The fourth-order valence-corrected chi connectivity index (χ4v) is 1.18. The predicted octanol–water partition coefficient (Wildman–Crippen LogP) is 1.71. The Morgan fingerprint density at radius 3 is 3.00 bits per heavy atom. The van der Waals surface area contributed by atoms with Gasteiger partial charge >= 0.3 is 0 Å². The van der Waals surface area contributed by atoms with Gasteiger partial charge in [0.2, 0.25) is 6.79 Å². The first-order chi connectivity index (χ1) is 6.79. The molecule has 0 aromatic heterocycles. The Hall–Kier alpha value is -1.89. The molecule has 0 saturated carbocycles. The molecule has 1 heterocycles. The first-order valence-corrected chi connectivity index (χ1v) is 4.25. The molecule has 0 N–H and O–H groups in total. The summed E-state index contributed by atoms with van der Waals surface area (Å²) in [4.78, 5) is 0. The maximum atomic E-state index is 8.56. The third kappa shape index (κ3) is 1.57. The van der Waals surface area contributed by atoms with Crippen molar-refractivity contribution in [2.24, 2.45) is 0 Å². The third-order valence-electron chi connectivity index (χ3n) is 1.84. The van der Waals surface area contributed by atoms with Crippen LogP contribution in [-0.4, -0.2) is 12.9 Å². The molecule has 1 unspecified atom stereocenters. The molecule has 0 saturated heterocycles. The van der Waals surface area contributed by atoms with Crippen molar-refractivity contribution in [2.75, 3.05) is 6.79 Å². The van der Waals surface area contributed by atoms with Gasteiger partial charge in [0.15, 0.2) is 17.6 Å². The summed E-state index contributed by atoms with van der Waals surface area (Å²) in [7, 11) is 0. The highest BCUT2D eigenvalue weighted by Gasteiger charge is 2.14. The van der Waals surface area contributed by atoms with Gasteiger partial charge in [-0.2, -0.15) is 5.26 Å². The van der Waals surface area contributed by atoms with E-state index < -0.39 is 6.10 Å². The minimum atomic E-state index is -0.463.